The van der Waals surface area contributed by atoms with E-state index in [1.54, 1.807) is 0 Å². The van der Waals surface area contributed by atoms with Crippen LogP contribution in [0.25, 0.3) is 0 Å². The smallest absolute Gasteiger partial charge is 0.123 e. The van der Waals surface area contributed by atoms with Gasteiger partial charge in [-0.05, 0) is 50.9 Å². The number of benzene rings is 1. The summed E-state index contributed by atoms with van der Waals surface area (Å²) in [6.45, 7) is 14.8. The van der Waals surface area contributed by atoms with E-state index in [1.807, 2.05) is 31.2 Å². The molecule has 0 aromatic heterocycles. The van der Waals surface area contributed by atoms with Gasteiger partial charge < -0.3 is 14.8 Å². The summed E-state index contributed by atoms with van der Waals surface area (Å²) in [5, 5.41) is 3.42. The summed E-state index contributed by atoms with van der Waals surface area (Å²) in [4.78, 5) is 0. The predicted octanol–water partition coefficient (Wildman–Crippen LogP) is 3.83. The second-order valence-corrected chi connectivity index (χ2v) is 5.68. The van der Waals surface area contributed by atoms with Crippen LogP contribution in [0.15, 0.2) is 30.9 Å². The highest BCUT2D eigenvalue weighted by molar-refractivity contribution is 5.41. The highest BCUT2D eigenvalue weighted by Crippen LogP contribution is 2.26. The zero-order chi connectivity index (χ0) is 15.7. The van der Waals surface area contributed by atoms with Gasteiger partial charge in [0, 0.05) is 12.1 Å². The third kappa shape index (κ3) is 6.67. The molecule has 0 saturated heterocycles. The second kappa shape index (κ2) is 9.46. The van der Waals surface area contributed by atoms with Crippen molar-refractivity contribution in [1.29, 1.82) is 0 Å². The van der Waals surface area contributed by atoms with Gasteiger partial charge in [-0.2, -0.15) is 0 Å². The third-order valence-electron chi connectivity index (χ3n) is 3.02. The minimum Gasteiger partial charge on any atom is -0.494 e. The van der Waals surface area contributed by atoms with E-state index >= 15 is 0 Å². The van der Waals surface area contributed by atoms with E-state index in [1.165, 1.54) is 0 Å². The van der Waals surface area contributed by atoms with Gasteiger partial charge in [0.1, 0.15) is 17.6 Å². The summed E-state index contributed by atoms with van der Waals surface area (Å²) in [5.41, 5.74) is 1.12. The fourth-order valence-corrected chi connectivity index (χ4v) is 2.08. The molecule has 1 aromatic rings. The second-order valence-electron chi connectivity index (χ2n) is 5.68. The van der Waals surface area contributed by atoms with Crippen molar-refractivity contribution in [2.45, 2.75) is 40.2 Å². The van der Waals surface area contributed by atoms with Crippen LogP contribution in [0.2, 0.25) is 0 Å². The Bertz CT molecular complexity index is 429. The van der Waals surface area contributed by atoms with Crippen LogP contribution in [0.1, 0.15) is 33.3 Å². The van der Waals surface area contributed by atoms with Gasteiger partial charge in [0.15, 0.2) is 0 Å². The fourth-order valence-electron chi connectivity index (χ4n) is 2.08. The van der Waals surface area contributed by atoms with Gasteiger partial charge in [0.25, 0.3) is 0 Å². The Hall–Kier alpha value is -1.48. The van der Waals surface area contributed by atoms with Crippen molar-refractivity contribution in [3.05, 3.63) is 36.4 Å². The van der Waals surface area contributed by atoms with Crippen molar-refractivity contribution in [3.8, 4) is 11.5 Å². The normalized spacial score (nSPS) is 12.2. The van der Waals surface area contributed by atoms with Gasteiger partial charge in [-0.25, -0.2) is 0 Å². The average molecular weight is 291 g/mol. The predicted molar refractivity (Wildman–Crippen MR) is 89.3 cm³/mol. The standard InChI is InChI=1S/C18H29NO2/c1-6-8-16-11-17(20-7-2)9-10-18(16)21-15(5)13-19-12-14(3)4/h6,9-11,14-15,19H,1,7-8,12-13H2,2-5H3. The summed E-state index contributed by atoms with van der Waals surface area (Å²) in [7, 11) is 0. The van der Waals surface area contributed by atoms with E-state index in [9.17, 15) is 0 Å². The van der Waals surface area contributed by atoms with Crippen molar-refractivity contribution in [1.82, 2.24) is 5.32 Å². The molecule has 0 aliphatic rings. The Balaban J connectivity index is 2.65. The third-order valence-corrected chi connectivity index (χ3v) is 3.02. The van der Waals surface area contributed by atoms with Gasteiger partial charge in [-0.15, -0.1) is 6.58 Å². The molecule has 1 rings (SSSR count). The maximum atomic E-state index is 6.05. The molecule has 0 radical (unpaired) electrons. The summed E-state index contributed by atoms with van der Waals surface area (Å²) < 4.78 is 11.6. The Morgan fingerprint density at radius 1 is 1.24 bits per heavy atom. The van der Waals surface area contributed by atoms with E-state index in [0.717, 1.165) is 36.6 Å². The zero-order valence-corrected chi connectivity index (χ0v) is 13.8. The number of nitrogens with one attached hydrogen (secondary N) is 1. The highest BCUT2D eigenvalue weighted by atomic mass is 16.5. The molecule has 1 aromatic carbocycles. The molecule has 1 N–H and O–H groups in total. The number of ether oxygens (including phenoxy) is 2. The monoisotopic (exact) mass is 291 g/mol. The number of rotatable bonds is 10. The molecule has 0 bridgehead atoms. The summed E-state index contributed by atoms with van der Waals surface area (Å²) in [6.07, 6.45) is 2.80. The average Bonchev–Trinajstić information content (AvgIpc) is 2.42. The van der Waals surface area contributed by atoms with E-state index in [4.69, 9.17) is 9.47 Å². The molecule has 0 fully saturated rings. The maximum absolute atomic E-state index is 6.05. The van der Waals surface area contributed by atoms with Crippen LogP contribution in [0, 0.1) is 5.92 Å². The van der Waals surface area contributed by atoms with Gasteiger partial charge >= 0.3 is 0 Å². The minimum absolute atomic E-state index is 0.130. The molecule has 0 amide bonds. The molecule has 0 spiro atoms. The Labute approximate surface area is 129 Å². The van der Waals surface area contributed by atoms with Crippen molar-refractivity contribution in [2.75, 3.05) is 19.7 Å². The van der Waals surface area contributed by atoms with Crippen LogP contribution >= 0.6 is 0 Å². The molecule has 1 atom stereocenters. The molecule has 1 unspecified atom stereocenters. The van der Waals surface area contributed by atoms with Crippen molar-refractivity contribution in [3.63, 3.8) is 0 Å². The van der Waals surface area contributed by atoms with Gasteiger partial charge in [-0.1, -0.05) is 19.9 Å². The van der Waals surface area contributed by atoms with Crippen molar-refractivity contribution < 1.29 is 9.47 Å². The fraction of sp³-hybridized carbons (Fsp3) is 0.556. The van der Waals surface area contributed by atoms with Crippen LogP contribution in [0.4, 0.5) is 0 Å². The Kier molecular flexibility index (Phi) is 7.91. The lowest BCUT2D eigenvalue weighted by molar-refractivity contribution is 0.213. The lowest BCUT2D eigenvalue weighted by atomic mass is 10.1. The largest absolute Gasteiger partial charge is 0.494 e. The first kappa shape index (κ1) is 17.6. The molecule has 21 heavy (non-hydrogen) atoms. The summed E-state index contributed by atoms with van der Waals surface area (Å²) in [6, 6.07) is 5.98. The molecule has 0 aliphatic carbocycles. The van der Waals surface area contributed by atoms with Crippen LogP contribution < -0.4 is 14.8 Å². The van der Waals surface area contributed by atoms with Crippen LogP contribution in [-0.2, 0) is 6.42 Å². The first-order chi connectivity index (χ1) is 10.1. The molecule has 0 saturated carbocycles. The maximum Gasteiger partial charge on any atom is 0.123 e. The Morgan fingerprint density at radius 3 is 2.62 bits per heavy atom. The highest BCUT2D eigenvalue weighted by Gasteiger charge is 2.09. The number of hydrogen-bond acceptors (Lipinski definition) is 3. The summed E-state index contributed by atoms with van der Waals surface area (Å²) >= 11 is 0. The molecule has 3 heteroatoms. The topological polar surface area (TPSA) is 30.5 Å². The van der Waals surface area contributed by atoms with Crippen LogP contribution in [0.5, 0.6) is 11.5 Å². The minimum atomic E-state index is 0.130. The van der Waals surface area contributed by atoms with Gasteiger partial charge in [0.2, 0.25) is 0 Å². The SMILES string of the molecule is C=CCc1cc(OCC)ccc1OC(C)CNCC(C)C. The summed E-state index contributed by atoms with van der Waals surface area (Å²) in [5.74, 6) is 2.45. The van der Waals surface area contributed by atoms with Crippen molar-refractivity contribution in [2.24, 2.45) is 5.92 Å². The lowest BCUT2D eigenvalue weighted by Crippen LogP contribution is -2.31. The molecule has 3 nitrogen and oxygen atoms in total. The van der Waals surface area contributed by atoms with Crippen molar-refractivity contribution >= 4 is 0 Å². The molecule has 0 heterocycles. The van der Waals surface area contributed by atoms with Gasteiger partial charge in [-0.3, -0.25) is 0 Å². The Morgan fingerprint density at radius 2 is 2.00 bits per heavy atom. The van der Waals surface area contributed by atoms with E-state index < -0.39 is 0 Å². The molecular weight excluding hydrogens is 262 g/mol. The number of allylic oxidation sites excluding steroid dienone is 1. The first-order valence-electron chi connectivity index (χ1n) is 7.80. The van der Waals surface area contributed by atoms with Crippen LogP contribution in [0.3, 0.4) is 0 Å². The quantitative estimate of drug-likeness (QED) is 0.665. The molecule has 118 valence electrons. The van der Waals surface area contributed by atoms with Crippen LogP contribution in [-0.4, -0.2) is 25.8 Å². The molecule has 0 aliphatic heterocycles. The van der Waals surface area contributed by atoms with E-state index in [2.05, 4.69) is 32.7 Å². The first-order valence-corrected chi connectivity index (χ1v) is 7.80. The van der Waals surface area contributed by atoms with E-state index in [-0.39, 0.29) is 6.10 Å². The lowest BCUT2D eigenvalue weighted by Gasteiger charge is -2.19. The number of hydrogen-bond donors (Lipinski definition) is 1. The zero-order valence-electron chi connectivity index (χ0n) is 13.8. The molecular formula is C18H29NO2. The van der Waals surface area contributed by atoms with Gasteiger partial charge in [0.05, 0.1) is 6.61 Å². The van der Waals surface area contributed by atoms with E-state index in [0.29, 0.717) is 12.5 Å².